The number of piperazine rings is 1. The zero-order valence-electron chi connectivity index (χ0n) is 12.5. The van der Waals surface area contributed by atoms with E-state index in [2.05, 4.69) is 20.1 Å². The second-order valence-electron chi connectivity index (χ2n) is 5.38. The number of nitrogens with zero attached hydrogens (tertiary/aromatic N) is 5. The molecule has 1 fully saturated rings. The third kappa shape index (κ3) is 3.78. The number of aromatic nitrogens is 3. The maximum Gasteiger partial charge on any atom is 0.433 e. The van der Waals surface area contributed by atoms with Crippen LogP contribution in [-0.2, 0) is 12.7 Å². The summed E-state index contributed by atoms with van der Waals surface area (Å²) in [6, 6.07) is 3.04. The monoisotopic (exact) mass is 343 g/mol. The van der Waals surface area contributed by atoms with Gasteiger partial charge >= 0.3 is 6.18 Å². The van der Waals surface area contributed by atoms with Gasteiger partial charge in [-0.2, -0.15) is 13.2 Å². The Morgan fingerprint density at radius 1 is 1.17 bits per heavy atom. The zero-order chi connectivity index (χ0) is 16.4. The van der Waals surface area contributed by atoms with E-state index < -0.39 is 11.9 Å². The van der Waals surface area contributed by atoms with Crippen molar-refractivity contribution < 1.29 is 13.2 Å². The highest BCUT2D eigenvalue weighted by molar-refractivity contribution is 7.15. The number of rotatable bonds is 3. The Morgan fingerprint density at radius 2 is 1.91 bits per heavy atom. The number of hydrogen-bond donors (Lipinski definition) is 0. The molecule has 9 heteroatoms. The van der Waals surface area contributed by atoms with Crippen molar-refractivity contribution in [3.63, 3.8) is 0 Å². The molecule has 3 rings (SSSR count). The molecule has 1 saturated heterocycles. The first-order valence-electron chi connectivity index (χ1n) is 7.22. The van der Waals surface area contributed by atoms with Crippen LogP contribution in [0.2, 0.25) is 0 Å². The fraction of sp³-hybridized carbons (Fsp3) is 0.500. The predicted octanol–water partition coefficient (Wildman–Crippen LogP) is 2.58. The molecule has 0 amide bonds. The van der Waals surface area contributed by atoms with Gasteiger partial charge < -0.3 is 4.90 Å². The van der Waals surface area contributed by atoms with Gasteiger partial charge in [0.25, 0.3) is 0 Å². The summed E-state index contributed by atoms with van der Waals surface area (Å²) in [6.45, 7) is 4.99. The number of halogens is 3. The van der Waals surface area contributed by atoms with E-state index in [9.17, 15) is 13.2 Å². The quantitative estimate of drug-likeness (QED) is 0.857. The van der Waals surface area contributed by atoms with Crippen LogP contribution in [0.15, 0.2) is 18.3 Å². The van der Waals surface area contributed by atoms with Gasteiger partial charge in [-0.3, -0.25) is 9.88 Å². The Kier molecular flexibility index (Phi) is 4.49. The highest BCUT2D eigenvalue weighted by atomic mass is 32.1. The number of hydrogen-bond acceptors (Lipinski definition) is 6. The van der Waals surface area contributed by atoms with Crippen molar-refractivity contribution in [1.82, 2.24) is 20.1 Å². The molecule has 0 bridgehead atoms. The maximum absolute atomic E-state index is 13.0. The van der Waals surface area contributed by atoms with Gasteiger partial charge in [0.1, 0.15) is 10.7 Å². The van der Waals surface area contributed by atoms with Gasteiger partial charge in [-0.05, 0) is 18.6 Å². The van der Waals surface area contributed by atoms with Crippen molar-refractivity contribution in [3.8, 4) is 0 Å². The Bertz CT molecular complexity index is 664. The number of pyridine rings is 1. The van der Waals surface area contributed by atoms with E-state index in [0.717, 1.165) is 23.2 Å². The highest BCUT2D eigenvalue weighted by Crippen LogP contribution is 2.31. The number of alkyl halides is 3. The van der Waals surface area contributed by atoms with Gasteiger partial charge in [-0.1, -0.05) is 17.4 Å². The molecular formula is C14H16F3N5S. The molecule has 23 heavy (non-hydrogen) atoms. The predicted molar refractivity (Wildman–Crippen MR) is 81.4 cm³/mol. The SMILES string of the molecule is Cc1nnc(N2CCN(Cc3cccnc3C(F)(F)F)CC2)s1. The lowest BCUT2D eigenvalue weighted by atomic mass is 10.1. The van der Waals surface area contributed by atoms with Crippen molar-refractivity contribution in [3.05, 3.63) is 34.6 Å². The van der Waals surface area contributed by atoms with E-state index >= 15 is 0 Å². The van der Waals surface area contributed by atoms with Gasteiger partial charge in [-0.25, -0.2) is 0 Å². The summed E-state index contributed by atoms with van der Waals surface area (Å²) in [6.07, 6.45) is -3.23. The standard InChI is InChI=1S/C14H16F3N5S/c1-10-19-20-13(23-10)22-7-5-21(6-8-22)9-11-3-2-4-18-12(11)14(15,16)17/h2-4H,5-9H2,1H3. The van der Waals surface area contributed by atoms with Crippen LogP contribution < -0.4 is 4.90 Å². The van der Waals surface area contributed by atoms with Crippen molar-refractivity contribution in [2.75, 3.05) is 31.1 Å². The highest BCUT2D eigenvalue weighted by Gasteiger charge is 2.35. The molecule has 0 radical (unpaired) electrons. The third-order valence-electron chi connectivity index (χ3n) is 3.71. The molecule has 2 aromatic heterocycles. The van der Waals surface area contributed by atoms with E-state index in [4.69, 9.17) is 0 Å². The smallest absolute Gasteiger partial charge is 0.344 e. The topological polar surface area (TPSA) is 45.2 Å². The molecule has 0 aliphatic carbocycles. The summed E-state index contributed by atoms with van der Waals surface area (Å²) in [5.74, 6) is 0. The molecule has 0 unspecified atom stereocenters. The first kappa shape index (κ1) is 16.1. The third-order valence-corrected chi connectivity index (χ3v) is 4.61. The molecule has 1 aliphatic rings. The minimum atomic E-state index is -4.41. The van der Waals surface area contributed by atoms with Crippen LogP contribution in [0.3, 0.4) is 0 Å². The molecule has 2 aromatic rings. The van der Waals surface area contributed by atoms with Gasteiger partial charge in [0.2, 0.25) is 5.13 Å². The lowest BCUT2D eigenvalue weighted by molar-refractivity contribution is -0.142. The molecule has 0 spiro atoms. The van der Waals surface area contributed by atoms with Crippen LogP contribution in [0.5, 0.6) is 0 Å². The van der Waals surface area contributed by atoms with Crippen LogP contribution in [0, 0.1) is 6.92 Å². The van der Waals surface area contributed by atoms with E-state index in [1.807, 2.05) is 11.8 Å². The summed E-state index contributed by atoms with van der Waals surface area (Å²) in [5, 5.41) is 9.89. The average Bonchev–Trinajstić information content (AvgIpc) is 2.94. The molecule has 3 heterocycles. The molecule has 5 nitrogen and oxygen atoms in total. The van der Waals surface area contributed by atoms with E-state index in [-0.39, 0.29) is 12.1 Å². The largest absolute Gasteiger partial charge is 0.433 e. The first-order chi connectivity index (χ1) is 10.9. The minimum absolute atomic E-state index is 0.222. The Labute approximate surface area is 135 Å². The number of aryl methyl sites for hydroxylation is 1. The molecule has 0 saturated carbocycles. The van der Waals surface area contributed by atoms with Crippen LogP contribution >= 0.6 is 11.3 Å². The normalized spacial score (nSPS) is 16.8. The summed E-state index contributed by atoms with van der Waals surface area (Å²) >= 11 is 1.53. The van der Waals surface area contributed by atoms with Gasteiger partial charge in [-0.15, -0.1) is 10.2 Å². The maximum atomic E-state index is 13.0. The summed E-state index contributed by atoms with van der Waals surface area (Å²) in [7, 11) is 0. The van der Waals surface area contributed by atoms with E-state index in [1.54, 1.807) is 6.07 Å². The van der Waals surface area contributed by atoms with Gasteiger partial charge in [0.05, 0.1) is 0 Å². The first-order valence-corrected chi connectivity index (χ1v) is 8.03. The molecule has 1 aliphatic heterocycles. The molecule has 0 N–H and O–H groups in total. The van der Waals surface area contributed by atoms with Crippen molar-refractivity contribution >= 4 is 16.5 Å². The Hall–Kier alpha value is -1.74. The van der Waals surface area contributed by atoms with Crippen molar-refractivity contribution in [2.24, 2.45) is 0 Å². The lowest BCUT2D eigenvalue weighted by Gasteiger charge is -2.34. The van der Waals surface area contributed by atoms with Crippen molar-refractivity contribution in [1.29, 1.82) is 0 Å². The summed E-state index contributed by atoms with van der Waals surface area (Å²) in [4.78, 5) is 7.63. The van der Waals surface area contributed by atoms with Crippen LogP contribution in [0.4, 0.5) is 18.3 Å². The summed E-state index contributed by atoms with van der Waals surface area (Å²) in [5.41, 5.74) is -0.567. The van der Waals surface area contributed by atoms with Crippen molar-refractivity contribution in [2.45, 2.75) is 19.6 Å². The summed E-state index contributed by atoms with van der Waals surface area (Å²) < 4.78 is 39.0. The van der Waals surface area contributed by atoms with Crippen LogP contribution in [0.1, 0.15) is 16.3 Å². The van der Waals surface area contributed by atoms with E-state index in [0.29, 0.717) is 13.1 Å². The number of anilines is 1. The average molecular weight is 343 g/mol. The molecule has 124 valence electrons. The van der Waals surface area contributed by atoms with Crippen LogP contribution in [-0.4, -0.2) is 46.3 Å². The lowest BCUT2D eigenvalue weighted by Crippen LogP contribution is -2.46. The van der Waals surface area contributed by atoms with Crippen LogP contribution in [0.25, 0.3) is 0 Å². The molecular weight excluding hydrogens is 327 g/mol. The second kappa shape index (κ2) is 6.40. The Balaban J connectivity index is 1.63. The fourth-order valence-electron chi connectivity index (χ4n) is 2.57. The van der Waals surface area contributed by atoms with Gasteiger partial charge in [0.15, 0.2) is 0 Å². The molecule has 0 aromatic carbocycles. The molecule has 0 atom stereocenters. The minimum Gasteiger partial charge on any atom is -0.344 e. The van der Waals surface area contributed by atoms with E-state index in [1.165, 1.54) is 23.6 Å². The fourth-order valence-corrected chi connectivity index (χ4v) is 3.31. The zero-order valence-corrected chi connectivity index (χ0v) is 13.4. The second-order valence-corrected chi connectivity index (χ2v) is 6.54. The van der Waals surface area contributed by atoms with Gasteiger partial charge in [0, 0.05) is 38.9 Å². The Morgan fingerprint density at radius 3 is 2.52 bits per heavy atom.